The van der Waals surface area contributed by atoms with Gasteiger partial charge in [-0.25, -0.2) is 22.9 Å². The summed E-state index contributed by atoms with van der Waals surface area (Å²) in [5.74, 6) is 0.849. The van der Waals surface area contributed by atoms with Crippen LogP contribution in [0.25, 0.3) is 0 Å². The van der Waals surface area contributed by atoms with Crippen LogP contribution >= 0.6 is 0 Å². The second-order valence-corrected chi connectivity index (χ2v) is 5.57. The summed E-state index contributed by atoms with van der Waals surface area (Å²) in [6, 6.07) is -0.925. The van der Waals surface area contributed by atoms with E-state index < -0.39 is 16.1 Å². The van der Waals surface area contributed by atoms with Crippen molar-refractivity contribution in [2.75, 3.05) is 5.32 Å². The van der Waals surface area contributed by atoms with Crippen LogP contribution in [0.4, 0.5) is 10.7 Å². The first-order chi connectivity index (χ1) is 8.74. The minimum Gasteiger partial charge on any atom is -0.275 e. The van der Waals surface area contributed by atoms with Crippen molar-refractivity contribution in [3.63, 3.8) is 0 Å². The molecule has 1 rings (SSSR count). The van der Waals surface area contributed by atoms with Crippen LogP contribution in [0.15, 0.2) is 11.0 Å². The van der Waals surface area contributed by atoms with Crippen LogP contribution in [0.1, 0.15) is 25.5 Å². The Balaban J connectivity index is 2.82. The lowest BCUT2D eigenvalue weighted by molar-refractivity contribution is 0.256. The van der Waals surface area contributed by atoms with E-state index in [9.17, 15) is 13.2 Å². The third kappa shape index (κ3) is 4.28. The van der Waals surface area contributed by atoms with Crippen molar-refractivity contribution in [1.29, 1.82) is 0 Å². The first-order valence-electron chi connectivity index (χ1n) is 5.40. The van der Waals surface area contributed by atoms with Crippen LogP contribution in [0.5, 0.6) is 0 Å². The Morgan fingerprint density at radius 3 is 2.16 bits per heavy atom. The second kappa shape index (κ2) is 5.74. The van der Waals surface area contributed by atoms with Crippen LogP contribution < -0.4 is 10.0 Å². The molecule has 0 saturated heterocycles. The zero-order valence-corrected chi connectivity index (χ0v) is 11.9. The largest absolute Gasteiger partial charge is 0.335 e. The number of anilines is 1. The molecule has 0 aliphatic heterocycles. The summed E-state index contributed by atoms with van der Waals surface area (Å²) < 4.78 is 25.1. The zero-order valence-electron chi connectivity index (χ0n) is 11.1. The van der Waals surface area contributed by atoms with Gasteiger partial charge in [-0.15, -0.1) is 0 Å². The van der Waals surface area contributed by atoms with E-state index in [-0.39, 0.29) is 10.9 Å². The first-order valence-corrected chi connectivity index (χ1v) is 6.89. The number of nitrogens with zero attached hydrogens (tertiary/aromatic N) is 3. The number of aromatic nitrogens is 3. The third-order valence-corrected chi connectivity index (χ3v) is 3.68. The molecule has 0 saturated carbocycles. The van der Waals surface area contributed by atoms with Crippen molar-refractivity contribution in [2.45, 2.75) is 27.7 Å². The Morgan fingerprint density at radius 1 is 1.16 bits per heavy atom. The molecule has 1 aromatic rings. The van der Waals surface area contributed by atoms with E-state index >= 15 is 0 Å². The molecule has 1 heterocycles. The molecule has 0 aliphatic carbocycles. The molecule has 9 heteroatoms. The summed E-state index contributed by atoms with van der Waals surface area (Å²) in [6.45, 7) is 6.22. The predicted molar refractivity (Wildman–Crippen MR) is 69.8 cm³/mol. The fourth-order valence-corrected chi connectivity index (χ4v) is 1.92. The molecule has 2 N–H and O–H groups in total. The van der Waals surface area contributed by atoms with Crippen LogP contribution in [0.2, 0.25) is 0 Å². The Morgan fingerprint density at radius 2 is 1.68 bits per heavy atom. The molecule has 0 aliphatic rings. The van der Waals surface area contributed by atoms with E-state index in [0.29, 0.717) is 11.6 Å². The molecule has 0 aromatic carbocycles. The van der Waals surface area contributed by atoms with Gasteiger partial charge in [-0.3, -0.25) is 5.32 Å². The van der Waals surface area contributed by atoms with Crippen LogP contribution in [-0.2, 0) is 10.0 Å². The maximum absolute atomic E-state index is 11.6. The number of allylic oxidation sites excluding steroid dienone is 2. The van der Waals surface area contributed by atoms with Gasteiger partial charge in [-0.2, -0.15) is 9.97 Å². The van der Waals surface area contributed by atoms with Crippen molar-refractivity contribution in [1.82, 2.24) is 19.7 Å². The second-order valence-electron chi connectivity index (χ2n) is 3.71. The number of amides is 2. The number of carbonyl (C=O) groups excluding carboxylic acids is 1. The van der Waals surface area contributed by atoms with Gasteiger partial charge in [-0.05, 0) is 27.7 Å². The highest BCUT2D eigenvalue weighted by Crippen LogP contribution is 2.04. The number of hydrogen-bond donors (Lipinski definition) is 2. The van der Waals surface area contributed by atoms with Crippen molar-refractivity contribution in [2.24, 2.45) is 0 Å². The van der Waals surface area contributed by atoms with Gasteiger partial charge in [0.15, 0.2) is 0 Å². The number of rotatable bonds is 3. The fraction of sp³-hybridized carbons (Fsp3) is 0.400. The molecule has 8 nitrogen and oxygen atoms in total. The fourth-order valence-electron chi connectivity index (χ4n) is 1.16. The summed E-state index contributed by atoms with van der Waals surface area (Å²) >= 11 is 0. The normalized spacial score (nSPS) is 12.1. The molecule has 0 unspecified atom stereocenters. The molecular formula is C10H15N5O3S. The van der Waals surface area contributed by atoms with Crippen LogP contribution in [0.3, 0.4) is 0 Å². The number of hydrogen-bond acceptors (Lipinski definition) is 6. The molecule has 0 radical (unpaired) electrons. The van der Waals surface area contributed by atoms with Crippen molar-refractivity contribution in [3.05, 3.63) is 22.6 Å². The van der Waals surface area contributed by atoms with Gasteiger partial charge in [0.1, 0.15) is 11.6 Å². The lowest BCUT2D eigenvalue weighted by atomic mass is 10.6. The average molecular weight is 285 g/mol. The predicted octanol–water partition coefficient (Wildman–Crippen LogP) is 0.863. The number of urea groups is 1. The number of nitrogens with one attached hydrogen (secondary N) is 2. The number of sulfonamides is 1. The van der Waals surface area contributed by atoms with Crippen molar-refractivity contribution in [3.8, 4) is 0 Å². The highest BCUT2D eigenvalue weighted by atomic mass is 32.2. The van der Waals surface area contributed by atoms with Gasteiger partial charge in [-0.1, -0.05) is 6.08 Å². The molecule has 0 atom stereocenters. The van der Waals surface area contributed by atoms with E-state index in [1.165, 1.54) is 13.0 Å². The molecule has 0 fully saturated rings. The topological polar surface area (TPSA) is 114 Å². The molecule has 0 bridgehead atoms. The highest BCUT2D eigenvalue weighted by molar-refractivity contribution is 7.93. The van der Waals surface area contributed by atoms with Gasteiger partial charge < -0.3 is 0 Å². The van der Waals surface area contributed by atoms with Gasteiger partial charge in [0.25, 0.3) is 10.0 Å². The van der Waals surface area contributed by atoms with E-state index in [1.807, 2.05) is 4.72 Å². The molecular weight excluding hydrogens is 270 g/mol. The summed E-state index contributed by atoms with van der Waals surface area (Å²) in [5.41, 5.74) is 0. The highest BCUT2D eigenvalue weighted by Gasteiger charge is 2.17. The molecule has 0 spiro atoms. The lowest BCUT2D eigenvalue weighted by Gasteiger charge is -2.08. The average Bonchev–Trinajstić information content (AvgIpc) is 2.25. The Kier molecular flexibility index (Phi) is 4.54. The number of aryl methyl sites for hydroxylation is 2. The smallest absolute Gasteiger partial charge is 0.275 e. The minimum absolute atomic E-state index is 0.00386. The summed E-state index contributed by atoms with van der Waals surface area (Å²) in [5, 5.41) is 2.24. The SMILES string of the molecule is C/C=C(/C)S(=O)(=O)NC(=O)Nc1nc(C)nc(C)n1. The zero-order chi connectivity index (χ0) is 14.6. The van der Waals surface area contributed by atoms with Gasteiger partial charge in [0.05, 0.1) is 4.91 Å². The maximum atomic E-state index is 11.6. The number of carbonyl (C=O) groups is 1. The molecule has 19 heavy (non-hydrogen) atoms. The van der Waals surface area contributed by atoms with Gasteiger partial charge in [0, 0.05) is 0 Å². The summed E-state index contributed by atoms with van der Waals surface area (Å²) in [4.78, 5) is 23.3. The molecule has 1 aromatic heterocycles. The molecule has 104 valence electrons. The van der Waals surface area contributed by atoms with Crippen molar-refractivity contribution >= 4 is 22.0 Å². The Labute approximate surface area is 111 Å². The van der Waals surface area contributed by atoms with Crippen LogP contribution in [0, 0.1) is 13.8 Å². The Bertz CT molecular complexity index is 604. The van der Waals surface area contributed by atoms with E-state index in [0.717, 1.165) is 0 Å². The third-order valence-electron chi connectivity index (χ3n) is 2.14. The van der Waals surface area contributed by atoms with E-state index in [4.69, 9.17) is 0 Å². The quantitative estimate of drug-likeness (QED) is 0.851. The van der Waals surface area contributed by atoms with Gasteiger partial charge >= 0.3 is 6.03 Å². The van der Waals surface area contributed by atoms with E-state index in [1.54, 1.807) is 20.8 Å². The maximum Gasteiger partial charge on any atom is 0.335 e. The van der Waals surface area contributed by atoms with Gasteiger partial charge in [0.2, 0.25) is 5.95 Å². The Hall–Kier alpha value is -2.03. The standard InChI is InChI=1S/C10H15N5O3S/c1-5-6(2)19(17,18)15-10(16)14-9-12-7(3)11-8(4)13-9/h5H,1-4H3,(H2,11,12,13,14,15,16)/b6-5-. The van der Waals surface area contributed by atoms with Crippen LogP contribution in [-0.4, -0.2) is 29.4 Å². The molecule has 2 amide bonds. The first kappa shape index (κ1) is 15.0. The van der Waals surface area contributed by atoms with Crippen molar-refractivity contribution < 1.29 is 13.2 Å². The minimum atomic E-state index is -3.82. The lowest BCUT2D eigenvalue weighted by Crippen LogP contribution is -2.35. The monoisotopic (exact) mass is 285 g/mol. The van der Waals surface area contributed by atoms with E-state index in [2.05, 4.69) is 20.3 Å². The summed E-state index contributed by atoms with van der Waals surface area (Å²) in [6.07, 6.45) is 1.38. The summed E-state index contributed by atoms with van der Waals surface area (Å²) in [7, 11) is -3.82.